The highest BCUT2D eigenvalue weighted by molar-refractivity contribution is 5.83. The predicted octanol–water partition coefficient (Wildman–Crippen LogP) is 1.68. The lowest BCUT2D eigenvalue weighted by Crippen LogP contribution is -2.05. The third-order valence-electron chi connectivity index (χ3n) is 2.36. The number of hydrogen-bond acceptors (Lipinski definition) is 2. The van der Waals surface area contributed by atoms with Crippen molar-refractivity contribution in [2.24, 2.45) is 0 Å². The van der Waals surface area contributed by atoms with Crippen LogP contribution in [-0.4, -0.2) is 21.2 Å². The minimum Gasteiger partial charge on any atom is -0.481 e. The van der Waals surface area contributed by atoms with Gasteiger partial charge in [-0.25, -0.2) is 0 Å². The quantitative estimate of drug-likeness (QED) is 0.713. The number of hydrogen-bond donors (Lipinski definition) is 3. The van der Waals surface area contributed by atoms with Crippen LogP contribution in [0.4, 0.5) is 0 Å². The molecule has 0 bridgehead atoms. The highest BCUT2D eigenvalue weighted by atomic mass is 16.4. The molecule has 0 unspecified atom stereocenters. The van der Waals surface area contributed by atoms with Crippen molar-refractivity contribution < 1.29 is 15.0 Å². The molecule has 1 atom stereocenters. The first-order chi connectivity index (χ1) is 7.18. The standard InChI is InChI=1S/C11H11NO3/c13-10(6-11(14)15)8-2-1-3-9-7(8)4-5-12-9/h1-5,10,12-13H,6H2,(H,14,15)/t10-/m1/s1. The zero-order valence-electron chi connectivity index (χ0n) is 7.97. The Morgan fingerprint density at radius 1 is 1.40 bits per heavy atom. The van der Waals surface area contributed by atoms with Crippen molar-refractivity contribution in [3.63, 3.8) is 0 Å². The van der Waals surface area contributed by atoms with Gasteiger partial charge in [0.15, 0.2) is 0 Å². The van der Waals surface area contributed by atoms with E-state index in [-0.39, 0.29) is 6.42 Å². The van der Waals surface area contributed by atoms with Gasteiger partial charge in [-0.2, -0.15) is 0 Å². The summed E-state index contributed by atoms with van der Waals surface area (Å²) in [5.41, 5.74) is 1.55. The first-order valence-corrected chi connectivity index (χ1v) is 4.64. The van der Waals surface area contributed by atoms with Crippen LogP contribution >= 0.6 is 0 Å². The average molecular weight is 205 g/mol. The van der Waals surface area contributed by atoms with Gasteiger partial charge < -0.3 is 15.2 Å². The van der Waals surface area contributed by atoms with Crippen molar-refractivity contribution in [2.45, 2.75) is 12.5 Å². The fourth-order valence-corrected chi connectivity index (χ4v) is 1.68. The SMILES string of the molecule is O=C(O)C[C@@H](O)c1cccc2[nH]ccc12. The van der Waals surface area contributed by atoms with Gasteiger partial charge in [0.25, 0.3) is 0 Å². The van der Waals surface area contributed by atoms with E-state index in [4.69, 9.17) is 5.11 Å². The number of aliphatic hydroxyl groups is 1. The third kappa shape index (κ3) is 1.85. The van der Waals surface area contributed by atoms with Gasteiger partial charge in [0, 0.05) is 17.1 Å². The van der Waals surface area contributed by atoms with Crippen molar-refractivity contribution >= 4 is 16.9 Å². The van der Waals surface area contributed by atoms with Crippen molar-refractivity contribution in [2.75, 3.05) is 0 Å². The third-order valence-corrected chi connectivity index (χ3v) is 2.36. The van der Waals surface area contributed by atoms with Gasteiger partial charge in [-0.15, -0.1) is 0 Å². The van der Waals surface area contributed by atoms with E-state index in [0.29, 0.717) is 5.56 Å². The van der Waals surface area contributed by atoms with E-state index < -0.39 is 12.1 Å². The molecule has 2 aromatic rings. The molecule has 1 aromatic carbocycles. The minimum atomic E-state index is -1.00. The molecule has 0 aliphatic rings. The molecule has 0 saturated carbocycles. The van der Waals surface area contributed by atoms with Crippen LogP contribution in [0.15, 0.2) is 30.5 Å². The van der Waals surface area contributed by atoms with Crippen LogP contribution in [0.5, 0.6) is 0 Å². The lowest BCUT2D eigenvalue weighted by molar-refractivity contribution is -0.139. The number of aromatic nitrogens is 1. The van der Waals surface area contributed by atoms with E-state index in [1.54, 1.807) is 18.3 Å². The molecule has 0 aliphatic carbocycles. The summed E-state index contributed by atoms with van der Waals surface area (Å²) in [5.74, 6) is -1.00. The van der Waals surface area contributed by atoms with Crippen LogP contribution in [0.1, 0.15) is 18.1 Å². The second-order valence-corrected chi connectivity index (χ2v) is 3.40. The number of carboxylic acids is 1. The number of fused-ring (bicyclic) bond motifs is 1. The number of aliphatic hydroxyl groups excluding tert-OH is 1. The predicted molar refractivity (Wildman–Crippen MR) is 55.5 cm³/mol. The zero-order valence-corrected chi connectivity index (χ0v) is 7.97. The molecule has 0 aliphatic heterocycles. The van der Waals surface area contributed by atoms with Gasteiger partial charge in [-0.05, 0) is 17.7 Å². The Labute approximate surface area is 86.2 Å². The van der Waals surface area contributed by atoms with Gasteiger partial charge in [-0.3, -0.25) is 4.79 Å². The molecule has 0 amide bonds. The summed E-state index contributed by atoms with van der Waals surface area (Å²) in [5, 5.41) is 19.2. The molecule has 2 rings (SSSR count). The summed E-state index contributed by atoms with van der Waals surface area (Å²) in [6.45, 7) is 0. The van der Waals surface area contributed by atoms with Gasteiger partial charge in [-0.1, -0.05) is 12.1 Å². The minimum absolute atomic E-state index is 0.274. The number of rotatable bonds is 3. The summed E-state index contributed by atoms with van der Waals surface area (Å²) < 4.78 is 0. The summed E-state index contributed by atoms with van der Waals surface area (Å²) in [7, 11) is 0. The highest BCUT2D eigenvalue weighted by Gasteiger charge is 2.14. The monoisotopic (exact) mass is 205 g/mol. The van der Waals surface area contributed by atoms with Crippen molar-refractivity contribution in [3.8, 4) is 0 Å². The molecule has 0 radical (unpaired) electrons. The summed E-state index contributed by atoms with van der Waals surface area (Å²) >= 11 is 0. The fraction of sp³-hybridized carbons (Fsp3) is 0.182. The van der Waals surface area contributed by atoms with E-state index in [2.05, 4.69) is 4.98 Å². The molecule has 0 spiro atoms. The van der Waals surface area contributed by atoms with Crippen molar-refractivity contribution in [1.82, 2.24) is 4.98 Å². The number of nitrogens with one attached hydrogen (secondary N) is 1. The van der Waals surface area contributed by atoms with Gasteiger partial charge in [0.2, 0.25) is 0 Å². The van der Waals surface area contributed by atoms with Crippen molar-refractivity contribution in [3.05, 3.63) is 36.0 Å². The fourth-order valence-electron chi connectivity index (χ4n) is 1.68. The summed E-state index contributed by atoms with van der Waals surface area (Å²) in [4.78, 5) is 13.5. The number of carbonyl (C=O) groups is 1. The molecule has 4 nitrogen and oxygen atoms in total. The van der Waals surface area contributed by atoms with Gasteiger partial charge in [0.1, 0.15) is 0 Å². The Bertz CT molecular complexity index is 489. The first kappa shape index (κ1) is 9.73. The Morgan fingerprint density at radius 2 is 2.20 bits per heavy atom. The molecule has 78 valence electrons. The van der Waals surface area contributed by atoms with Gasteiger partial charge >= 0.3 is 5.97 Å². The summed E-state index contributed by atoms with van der Waals surface area (Å²) in [6.07, 6.45) is 0.536. The zero-order chi connectivity index (χ0) is 10.8. The molecular weight excluding hydrogens is 194 g/mol. The molecular formula is C11H11NO3. The number of H-pyrrole nitrogens is 1. The Morgan fingerprint density at radius 3 is 2.93 bits per heavy atom. The Balaban J connectivity index is 2.42. The van der Waals surface area contributed by atoms with Crippen LogP contribution in [0.2, 0.25) is 0 Å². The van der Waals surface area contributed by atoms with E-state index in [1.165, 1.54) is 0 Å². The molecule has 3 N–H and O–H groups in total. The van der Waals surface area contributed by atoms with Crippen LogP contribution in [0, 0.1) is 0 Å². The normalized spacial score (nSPS) is 12.9. The van der Waals surface area contributed by atoms with E-state index in [0.717, 1.165) is 10.9 Å². The summed E-state index contributed by atoms with van der Waals surface area (Å²) in [6, 6.07) is 7.24. The lowest BCUT2D eigenvalue weighted by atomic mass is 10.0. The number of aromatic amines is 1. The number of carboxylic acid groups (broad SMARTS) is 1. The van der Waals surface area contributed by atoms with E-state index >= 15 is 0 Å². The van der Waals surface area contributed by atoms with Gasteiger partial charge in [0.05, 0.1) is 12.5 Å². The van der Waals surface area contributed by atoms with Crippen LogP contribution in [0.3, 0.4) is 0 Å². The smallest absolute Gasteiger partial charge is 0.306 e. The topological polar surface area (TPSA) is 73.3 Å². The van der Waals surface area contributed by atoms with Crippen LogP contribution in [0.25, 0.3) is 10.9 Å². The van der Waals surface area contributed by atoms with Crippen LogP contribution < -0.4 is 0 Å². The van der Waals surface area contributed by atoms with E-state index in [9.17, 15) is 9.90 Å². The number of benzene rings is 1. The van der Waals surface area contributed by atoms with Crippen molar-refractivity contribution in [1.29, 1.82) is 0 Å². The maximum atomic E-state index is 10.5. The first-order valence-electron chi connectivity index (χ1n) is 4.64. The van der Waals surface area contributed by atoms with Crippen LogP contribution in [-0.2, 0) is 4.79 Å². The molecule has 15 heavy (non-hydrogen) atoms. The highest BCUT2D eigenvalue weighted by Crippen LogP contribution is 2.25. The average Bonchev–Trinajstić information content (AvgIpc) is 2.63. The molecule has 0 saturated heterocycles. The molecule has 0 fully saturated rings. The van der Waals surface area contributed by atoms with E-state index in [1.807, 2.05) is 12.1 Å². The molecule has 1 aromatic heterocycles. The maximum Gasteiger partial charge on any atom is 0.306 e. The largest absolute Gasteiger partial charge is 0.481 e. The maximum absolute atomic E-state index is 10.5. The second kappa shape index (κ2) is 3.74. The number of aliphatic carboxylic acids is 1. The molecule has 4 heteroatoms. The second-order valence-electron chi connectivity index (χ2n) is 3.40. The Hall–Kier alpha value is -1.81. The lowest BCUT2D eigenvalue weighted by Gasteiger charge is -2.09. The molecule has 1 heterocycles. The Kier molecular flexibility index (Phi) is 2.43.